The second kappa shape index (κ2) is 3.24. The third-order valence-electron chi connectivity index (χ3n) is 1.62. The molecule has 2 rings (SSSR count). The number of hydrogen-bond donors (Lipinski definition) is 1. The minimum absolute atomic E-state index is 0.407. The van der Waals surface area contributed by atoms with Gasteiger partial charge in [-0.3, -0.25) is 10.3 Å². The normalized spacial score (nSPS) is 23.8. The second-order valence-corrected chi connectivity index (χ2v) is 3.60. The van der Waals surface area contributed by atoms with E-state index in [0.717, 1.165) is 12.2 Å². The molecular weight excluding hydrogens is 156 g/mol. The Morgan fingerprint density at radius 3 is 3.36 bits per heavy atom. The van der Waals surface area contributed by atoms with Crippen molar-refractivity contribution >= 4 is 11.8 Å². The second-order valence-electron chi connectivity index (χ2n) is 2.39. The molecule has 0 amide bonds. The van der Waals surface area contributed by atoms with Gasteiger partial charge in [-0.2, -0.15) is 0 Å². The van der Waals surface area contributed by atoms with Crippen LogP contribution in [0.3, 0.4) is 0 Å². The van der Waals surface area contributed by atoms with Crippen LogP contribution in [0.5, 0.6) is 0 Å². The van der Waals surface area contributed by atoms with Crippen molar-refractivity contribution in [2.24, 2.45) is 0 Å². The molecule has 2 nitrogen and oxygen atoms in total. The summed E-state index contributed by atoms with van der Waals surface area (Å²) < 4.78 is 0. The van der Waals surface area contributed by atoms with Gasteiger partial charge in [0, 0.05) is 24.6 Å². The van der Waals surface area contributed by atoms with Gasteiger partial charge >= 0.3 is 0 Å². The van der Waals surface area contributed by atoms with Crippen LogP contribution in [-0.4, -0.2) is 17.3 Å². The van der Waals surface area contributed by atoms with Gasteiger partial charge in [-0.15, -0.1) is 11.8 Å². The van der Waals surface area contributed by atoms with E-state index in [4.69, 9.17) is 0 Å². The van der Waals surface area contributed by atoms with Crippen molar-refractivity contribution in [3.63, 3.8) is 0 Å². The molecule has 0 saturated carbocycles. The summed E-state index contributed by atoms with van der Waals surface area (Å²) in [5.74, 6) is 1.19. The van der Waals surface area contributed by atoms with E-state index in [-0.39, 0.29) is 0 Å². The van der Waals surface area contributed by atoms with Crippen LogP contribution in [0, 0.1) is 6.07 Å². The maximum atomic E-state index is 4.22. The van der Waals surface area contributed by atoms with Gasteiger partial charge in [-0.25, -0.2) is 0 Å². The molecule has 57 valence electrons. The van der Waals surface area contributed by atoms with Crippen LogP contribution >= 0.6 is 11.8 Å². The maximum absolute atomic E-state index is 4.22. The van der Waals surface area contributed by atoms with Crippen LogP contribution < -0.4 is 5.32 Å². The van der Waals surface area contributed by atoms with Gasteiger partial charge < -0.3 is 0 Å². The first-order valence-corrected chi connectivity index (χ1v) is 4.69. The lowest BCUT2D eigenvalue weighted by atomic mass is 10.3. The number of hydrogen-bond acceptors (Lipinski definition) is 3. The van der Waals surface area contributed by atoms with Gasteiger partial charge in [0.2, 0.25) is 0 Å². The van der Waals surface area contributed by atoms with E-state index in [2.05, 4.69) is 16.4 Å². The molecule has 0 aliphatic carbocycles. The maximum Gasteiger partial charge on any atom is 0.0962 e. The van der Waals surface area contributed by atoms with Crippen molar-refractivity contribution in [3.8, 4) is 0 Å². The highest BCUT2D eigenvalue weighted by Gasteiger charge is 2.16. The molecule has 1 saturated heterocycles. The zero-order chi connectivity index (χ0) is 7.52. The van der Waals surface area contributed by atoms with E-state index in [1.54, 1.807) is 6.20 Å². The zero-order valence-electron chi connectivity index (χ0n) is 6.08. The Hall–Kier alpha value is -0.540. The average molecular weight is 165 g/mol. The molecule has 1 N–H and O–H groups in total. The highest BCUT2D eigenvalue weighted by Crippen LogP contribution is 2.27. The third kappa shape index (κ3) is 1.54. The molecule has 1 aromatic heterocycles. The Kier molecular flexibility index (Phi) is 2.10. The third-order valence-corrected chi connectivity index (χ3v) is 2.80. The number of pyridine rings is 1. The lowest BCUT2D eigenvalue weighted by Gasteiger charge is -2.06. The Balaban J connectivity index is 2.16. The van der Waals surface area contributed by atoms with E-state index in [0.29, 0.717) is 5.37 Å². The predicted molar refractivity (Wildman–Crippen MR) is 46.3 cm³/mol. The number of nitrogens with one attached hydrogen (secondary N) is 1. The number of nitrogens with zero attached hydrogens (tertiary/aromatic N) is 1. The van der Waals surface area contributed by atoms with Crippen molar-refractivity contribution in [3.05, 3.63) is 30.1 Å². The highest BCUT2D eigenvalue weighted by molar-refractivity contribution is 7.99. The summed E-state index contributed by atoms with van der Waals surface area (Å²) in [5.41, 5.74) is 1.12. The Labute approximate surface area is 70.4 Å². The smallest absolute Gasteiger partial charge is 0.0962 e. The number of aromatic nitrogens is 1. The monoisotopic (exact) mass is 165 g/mol. The summed E-state index contributed by atoms with van der Waals surface area (Å²) in [4.78, 5) is 4.22. The van der Waals surface area contributed by atoms with Crippen molar-refractivity contribution < 1.29 is 0 Å². The summed E-state index contributed by atoms with van der Waals surface area (Å²) in [7, 11) is 0. The molecule has 1 aliphatic heterocycles. The largest absolute Gasteiger partial charge is 0.300 e. The first-order valence-electron chi connectivity index (χ1n) is 3.64. The lowest BCUT2D eigenvalue weighted by molar-refractivity contribution is 0.732. The van der Waals surface area contributed by atoms with Crippen LogP contribution in [0.4, 0.5) is 0 Å². The van der Waals surface area contributed by atoms with E-state index < -0.39 is 0 Å². The highest BCUT2D eigenvalue weighted by atomic mass is 32.2. The van der Waals surface area contributed by atoms with Crippen LogP contribution in [0.15, 0.2) is 18.3 Å². The van der Waals surface area contributed by atoms with Crippen LogP contribution in [-0.2, 0) is 0 Å². The quantitative estimate of drug-likeness (QED) is 0.677. The molecule has 3 heteroatoms. The number of rotatable bonds is 1. The lowest BCUT2D eigenvalue weighted by Crippen LogP contribution is -2.12. The molecule has 1 unspecified atom stereocenters. The minimum atomic E-state index is 0.407. The van der Waals surface area contributed by atoms with Crippen LogP contribution in [0.25, 0.3) is 0 Å². The summed E-state index contributed by atoms with van der Waals surface area (Å²) in [6, 6.07) is 6.82. The molecule has 11 heavy (non-hydrogen) atoms. The number of thioether (sulfide) groups is 1. The minimum Gasteiger partial charge on any atom is -0.300 e. The van der Waals surface area contributed by atoms with Crippen molar-refractivity contribution in [1.29, 1.82) is 0 Å². The van der Waals surface area contributed by atoms with Crippen molar-refractivity contribution in [2.75, 3.05) is 12.3 Å². The zero-order valence-corrected chi connectivity index (χ0v) is 6.90. The molecule has 1 fully saturated rings. The van der Waals surface area contributed by atoms with Crippen molar-refractivity contribution in [1.82, 2.24) is 10.3 Å². The molecule has 1 aliphatic rings. The van der Waals surface area contributed by atoms with Gasteiger partial charge in [0.05, 0.1) is 11.1 Å². The van der Waals surface area contributed by atoms with Gasteiger partial charge in [-0.05, 0) is 6.07 Å². The average Bonchev–Trinajstić information content (AvgIpc) is 2.58. The predicted octanol–water partition coefficient (Wildman–Crippen LogP) is 1.22. The standard InChI is InChI=1S/C8H9N2S/c1-2-4-9-7(3-1)8-10-5-6-11-8/h1,3-4,8,10H,5-6H2. The Morgan fingerprint density at radius 1 is 1.73 bits per heavy atom. The van der Waals surface area contributed by atoms with Gasteiger partial charge in [0.25, 0.3) is 0 Å². The fourth-order valence-corrected chi connectivity index (χ4v) is 2.12. The van der Waals surface area contributed by atoms with Crippen molar-refractivity contribution in [2.45, 2.75) is 5.37 Å². The fraction of sp³-hybridized carbons (Fsp3) is 0.375. The summed E-state index contributed by atoms with van der Waals surface area (Å²) in [6.07, 6.45) is 1.72. The molecular formula is C8H9N2S. The van der Waals surface area contributed by atoms with E-state index >= 15 is 0 Å². The van der Waals surface area contributed by atoms with Crippen LogP contribution in [0.2, 0.25) is 0 Å². The molecule has 1 atom stereocenters. The first kappa shape index (κ1) is 7.13. The summed E-state index contributed by atoms with van der Waals surface area (Å²) in [5, 5.41) is 3.77. The topological polar surface area (TPSA) is 24.9 Å². The molecule has 0 aromatic carbocycles. The molecule has 0 bridgehead atoms. The van der Waals surface area contributed by atoms with Gasteiger partial charge in [0.1, 0.15) is 0 Å². The summed E-state index contributed by atoms with van der Waals surface area (Å²) in [6.45, 7) is 1.09. The van der Waals surface area contributed by atoms with Gasteiger partial charge in [0.15, 0.2) is 0 Å². The first-order chi connectivity index (χ1) is 5.47. The Morgan fingerprint density at radius 2 is 2.73 bits per heavy atom. The molecule has 2 heterocycles. The van der Waals surface area contributed by atoms with E-state index in [9.17, 15) is 0 Å². The van der Waals surface area contributed by atoms with E-state index in [1.165, 1.54) is 5.75 Å². The molecule has 1 radical (unpaired) electrons. The Bertz CT molecular complexity index is 219. The fourth-order valence-electron chi connectivity index (χ4n) is 1.10. The molecule has 0 spiro atoms. The molecule has 1 aromatic rings. The summed E-state index contributed by atoms with van der Waals surface area (Å²) >= 11 is 1.91. The van der Waals surface area contributed by atoms with Gasteiger partial charge in [-0.1, -0.05) is 6.07 Å². The van der Waals surface area contributed by atoms with Crippen LogP contribution in [0.1, 0.15) is 11.1 Å². The van der Waals surface area contributed by atoms with E-state index in [1.807, 2.05) is 23.9 Å². The SMILES string of the molecule is [c]1ccc(C2NCCS2)nc1.